The third-order valence-electron chi connectivity index (χ3n) is 4.50. The van der Waals surface area contributed by atoms with E-state index < -0.39 is 0 Å². The van der Waals surface area contributed by atoms with Crippen LogP contribution in [0.5, 0.6) is 0 Å². The topological polar surface area (TPSA) is 20.3 Å². The summed E-state index contributed by atoms with van der Waals surface area (Å²) in [6.07, 6.45) is 4.45. The van der Waals surface area contributed by atoms with E-state index in [4.69, 9.17) is 0 Å². The Balaban J connectivity index is 2.07. The van der Waals surface area contributed by atoms with Gasteiger partial charge in [-0.25, -0.2) is 0 Å². The Morgan fingerprint density at radius 2 is 1.95 bits per heavy atom. The standard InChI is InChI=1S/C18H27NO/c1-4-5-13-19(16-9-7-6-8-10-16)14-15-11-12-18(2,3)17(15)20/h6-10,15H,4-5,11-14H2,1-3H3. The zero-order valence-corrected chi connectivity index (χ0v) is 13.1. The highest BCUT2D eigenvalue weighted by Crippen LogP contribution is 2.38. The summed E-state index contributed by atoms with van der Waals surface area (Å²) in [5.74, 6) is 0.664. The van der Waals surface area contributed by atoms with Crippen LogP contribution in [-0.2, 0) is 4.79 Å². The summed E-state index contributed by atoms with van der Waals surface area (Å²) >= 11 is 0. The molecule has 20 heavy (non-hydrogen) atoms. The molecule has 2 rings (SSSR count). The summed E-state index contributed by atoms with van der Waals surface area (Å²) < 4.78 is 0. The highest BCUT2D eigenvalue weighted by Gasteiger charge is 2.40. The minimum absolute atomic E-state index is 0.113. The number of anilines is 1. The van der Waals surface area contributed by atoms with Crippen LogP contribution in [-0.4, -0.2) is 18.9 Å². The molecule has 1 unspecified atom stereocenters. The van der Waals surface area contributed by atoms with Crippen molar-refractivity contribution in [3.05, 3.63) is 30.3 Å². The molecule has 0 aromatic heterocycles. The van der Waals surface area contributed by atoms with Crippen molar-refractivity contribution < 1.29 is 4.79 Å². The molecule has 1 fully saturated rings. The number of carbonyl (C=O) groups is 1. The molecular formula is C18H27NO. The molecule has 0 amide bonds. The van der Waals surface area contributed by atoms with Gasteiger partial charge in [-0.15, -0.1) is 0 Å². The van der Waals surface area contributed by atoms with Gasteiger partial charge >= 0.3 is 0 Å². The third kappa shape index (κ3) is 3.41. The Morgan fingerprint density at radius 1 is 1.25 bits per heavy atom. The number of para-hydroxylation sites is 1. The molecule has 2 nitrogen and oxygen atoms in total. The maximum absolute atomic E-state index is 12.4. The number of hydrogen-bond acceptors (Lipinski definition) is 2. The minimum Gasteiger partial charge on any atom is -0.371 e. The zero-order valence-electron chi connectivity index (χ0n) is 13.1. The third-order valence-corrected chi connectivity index (χ3v) is 4.50. The lowest BCUT2D eigenvalue weighted by molar-refractivity contribution is -0.127. The van der Waals surface area contributed by atoms with Gasteiger partial charge in [0.2, 0.25) is 0 Å². The molecule has 0 heterocycles. The number of ketones is 1. The Labute approximate surface area is 123 Å². The monoisotopic (exact) mass is 273 g/mol. The van der Waals surface area contributed by atoms with Gasteiger partial charge in [-0.2, -0.15) is 0 Å². The van der Waals surface area contributed by atoms with E-state index in [0.29, 0.717) is 5.78 Å². The fourth-order valence-electron chi connectivity index (χ4n) is 3.10. The molecule has 0 aliphatic heterocycles. The van der Waals surface area contributed by atoms with E-state index in [0.717, 1.165) is 25.9 Å². The lowest BCUT2D eigenvalue weighted by Crippen LogP contribution is -2.34. The van der Waals surface area contributed by atoms with Gasteiger partial charge in [-0.1, -0.05) is 45.4 Å². The normalized spacial score (nSPS) is 21.1. The SMILES string of the molecule is CCCCN(CC1CCC(C)(C)C1=O)c1ccccc1. The largest absolute Gasteiger partial charge is 0.371 e. The van der Waals surface area contributed by atoms with Crippen LogP contribution in [0.2, 0.25) is 0 Å². The second-order valence-electron chi connectivity index (χ2n) is 6.62. The van der Waals surface area contributed by atoms with Gasteiger partial charge in [0.05, 0.1) is 0 Å². The number of Topliss-reactive ketones (excluding diaryl/α,β-unsaturated/α-hetero) is 1. The minimum atomic E-state index is -0.113. The van der Waals surface area contributed by atoms with E-state index >= 15 is 0 Å². The van der Waals surface area contributed by atoms with Crippen molar-refractivity contribution in [2.75, 3.05) is 18.0 Å². The van der Waals surface area contributed by atoms with Crippen molar-refractivity contribution in [2.45, 2.75) is 46.5 Å². The van der Waals surface area contributed by atoms with Crippen molar-refractivity contribution in [3.8, 4) is 0 Å². The summed E-state index contributed by atoms with van der Waals surface area (Å²) in [6.45, 7) is 8.33. The predicted molar refractivity (Wildman–Crippen MR) is 85.1 cm³/mol. The van der Waals surface area contributed by atoms with Crippen LogP contribution >= 0.6 is 0 Å². The Kier molecular flexibility index (Phi) is 4.85. The van der Waals surface area contributed by atoms with E-state index in [2.05, 4.69) is 49.9 Å². The molecule has 1 aromatic rings. The first kappa shape index (κ1) is 15.1. The second kappa shape index (κ2) is 6.43. The van der Waals surface area contributed by atoms with Crippen LogP contribution in [0.15, 0.2) is 30.3 Å². The number of carbonyl (C=O) groups excluding carboxylic acids is 1. The van der Waals surface area contributed by atoms with Gasteiger partial charge < -0.3 is 4.90 Å². The van der Waals surface area contributed by atoms with Crippen molar-refractivity contribution in [3.63, 3.8) is 0 Å². The van der Waals surface area contributed by atoms with E-state index in [9.17, 15) is 4.79 Å². The van der Waals surface area contributed by atoms with Crippen LogP contribution in [0.25, 0.3) is 0 Å². The highest BCUT2D eigenvalue weighted by molar-refractivity contribution is 5.88. The zero-order chi connectivity index (χ0) is 14.6. The molecule has 110 valence electrons. The van der Waals surface area contributed by atoms with E-state index in [1.807, 2.05) is 6.07 Å². The van der Waals surface area contributed by atoms with Crippen LogP contribution < -0.4 is 4.90 Å². The van der Waals surface area contributed by atoms with E-state index in [1.165, 1.54) is 18.5 Å². The summed E-state index contributed by atoms with van der Waals surface area (Å²) in [5.41, 5.74) is 1.14. The maximum atomic E-state index is 12.4. The Hall–Kier alpha value is -1.31. The first-order chi connectivity index (χ1) is 9.54. The molecule has 1 aliphatic rings. The van der Waals surface area contributed by atoms with Crippen molar-refractivity contribution in [1.82, 2.24) is 0 Å². The van der Waals surface area contributed by atoms with Crippen molar-refractivity contribution >= 4 is 11.5 Å². The number of rotatable bonds is 6. The predicted octanol–water partition coefficient (Wildman–Crippen LogP) is 4.30. The lowest BCUT2D eigenvalue weighted by atomic mass is 9.89. The lowest BCUT2D eigenvalue weighted by Gasteiger charge is -2.28. The molecule has 0 bridgehead atoms. The molecule has 0 spiro atoms. The number of benzene rings is 1. The molecule has 2 heteroatoms. The summed E-state index contributed by atoms with van der Waals surface area (Å²) in [6, 6.07) is 10.5. The quantitative estimate of drug-likeness (QED) is 0.770. The van der Waals surface area contributed by atoms with Crippen molar-refractivity contribution in [1.29, 1.82) is 0 Å². The summed E-state index contributed by atoms with van der Waals surface area (Å²) in [5, 5.41) is 0. The molecule has 0 saturated heterocycles. The summed E-state index contributed by atoms with van der Waals surface area (Å²) in [4.78, 5) is 14.8. The van der Waals surface area contributed by atoms with Gasteiger partial charge in [0, 0.05) is 30.1 Å². The maximum Gasteiger partial charge on any atom is 0.143 e. The van der Waals surface area contributed by atoms with Gasteiger partial charge in [0.25, 0.3) is 0 Å². The smallest absolute Gasteiger partial charge is 0.143 e. The van der Waals surface area contributed by atoms with E-state index in [-0.39, 0.29) is 11.3 Å². The van der Waals surface area contributed by atoms with Gasteiger partial charge in [0.1, 0.15) is 5.78 Å². The second-order valence-corrected chi connectivity index (χ2v) is 6.62. The van der Waals surface area contributed by atoms with Gasteiger partial charge in [0.15, 0.2) is 0 Å². The molecule has 1 saturated carbocycles. The fraction of sp³-hybridized carbons (Fsp3) is 0.611. The number of nitrogens with zero attached hydrogens (tertiary/aromatic N) is 1. The van der Waals surface area contributed by atoms with Crippen LogP contribution in [0.3, 0.4) is 0 Å². The molecule has 1 atom stereocenters. The average molecular weight is 273 g/mol. The fourth-order valence-corrected chi connectivity index (χ4v) is 3.10. The Morgan fingerprint density at radius 3 is 2.50 bits per heavy atom. The molecule has 0 radical (unpaired) electrons. The molecule has 0 N–H and O–H groups in total. The first-order valence-electron chi connectivity index (χ1n) is 7.89. The molecule has 1 aliphatic carbocycles. The van der Waals surface area contributed by atoms with Crippen LogP contribution in [0.4, 0.5) is 5.69 Å². The van der Waals surface area contributed by atoms with Gasteiger partial charge in [-0.3, -0.25) is 4.79 Å². The van der Waals surface area contributed by atoms with Crippen LogP contribution in [0.1, 0.15) is 46.5 Å². The van der Waals surface area contributed by atoms with E-state index in [1.54, 1.807) is 0 Å². The van der Waals surface area contributed by atoms with Crippen molar-refractivity contribution in [2.24, 2.45) is 11.3 Å². The average Bonchev–Trinajstić information content (AvgIpc) is 2.71. The molecular weight excluding hydrogens is 246 g/mol. The first-order valence-corrected chi connectivity index (χ1v) is 7.89. The summed E-state index contributed by atoms with van der Waals surface area (Å²) in [7, 11) is 0. The highest BCUT2D eigenvalue weighted by atomic mass is 16.1. The molecule has 1 aromatic carbocycles. The number of hydrogen-bond donors (Lipinski definition) is 0. The Bertz CT molecular complexity index is 438. The van der Waals surface area contributed by atoms with Crippen LogP contribution in [0, 0.1) is 11.3 Å². The van der Waals surface area contributed by atoms with Gasteiger partial charge in [-0.05, 0) is 31.4 Å². The number of unbranched alkanes of at least 4 members (excludes halogenated alkanes) is 1.